The van der Waals surface area contributed by atoms with Crippen molar-refractivity contribution in [2.45, 2.75) is 45.0 Å². The van der Waals surface area contributed by atoms with Crippen LogP contribution in [-0.4, -0.2) is 11.8 Å². The lowest BCUT2D eigenvalue weighted by Gasteiger charge is -2.26. The minimum atomic E-state index is -5.01. The predicted octanol–water partition coefficient (Wildman–Crippen LogP) is 7.43. The van der Waals surface area contributed by atoms with Crippen molar-refractivity contribution < 1.29 is 35.9 Å². The summed E-state index contributed by atoms with van der Waals surface area (Å²) in [6, 6.07) is 11.0. The van der Waals surface area contributed by atoms with Crippen LogP contribution < -0.4 is 11.1 Å². The van der Waals surface area contributed by atoms with Crippen LogP contribution in [0.4, 0.5) is 32.0 Å². The molecule has 0 atom stereocenters. The quantitative estimate of drug-likeness (QED) is 0.331. The van der Waals surface area contributed by atoms with Gasteiger partial charge < -0.3 is 11.1 Å². The maximum atomic E-state index is 14.0. The molecule has 3 aromatic carbocycles. The van der Waals surface area contributed by atoms with Gasteiger partial charge in [0.15, 0.2) is 0 Å². The molecule has 0 fully saturated rings. The van der Waals surface area contributed by atoms with Gasteiger partial charge in [0.05, 0.1) is 11.1 Å². The Morgan fingerprint density at radius 1 is 0.757 bits per heavy atom. The lowest BCUT2D eigenvalue weighted by atomic mass is 9.80. The molecule has 3 aromatic rings. The van der Waals surface area contributed by atoms with Gasteiger partial charge in [-0.25, -0.2) is 0 Å². The molecule has 0 aliphatic heterocycles. The van der Waals surface area contributed by atoms with Gasteiger partial charge in [-0.15, -0.1) is 0 Å². The van der Waals surface area contributed by atoms with Crippen molar-refractivity contribution in [2.75, 3.05) is 5.32 Å². The van der Waals surface area contributed by atoms with Crippen LogP contribution in [0.1, 0.15) is 64.6 Å². The van der Waals surface area contributed by atoms with Crippen LogP contribution in [0.25, 0.3) is 11.1 Å². The summed E-state index contributed by atoms with van der Waals surface area (Å²) in [6.45, 7) is 5.31. The zero-order valence-electron chi connectivity index (χ0n) is 20.1. The topological polar surface area (TPSA) is 72.2 Å². The van der Waals surface area contributed by atoms with Gasteiger partial charge in [0.25, 0.3) is 5.91 Å². The number of nitrogens with one attached hydrogen (secondary N) is 1. The SMILES string of the molecule is CCC(C)(C)c1ccc(-c2ccc(NC(=O)c3ccc(C(N)=O)cc3)cc2C(F)(F)F)c(C(F)(F)F)c1. The second-order valence-electron chi connectivity index (χ2n) is 9.15. The molecule has 196 valence electrons. The lowest BCUT2D eigenvalue weighted by molar-refractivity contribution is -0.139. The van der Waals surface area contributed by atoms with Crippen molar-refractivity contribution in [3.05, 3.63) is 88.5 Å². The van der Waals surface area contributed by atoms with Gasteiger partial charge in [-0.05, 0) is 71.0 Å². The molecule has 0 spiro atoms. The molecular weight excluding hydrogens is 498 g/mol. The summed E-state index contributed by atoms with van der Waals surface area (Å²) in [5.74, 6) is -1.50. The molecular formula is C27H24F6N2O2. The number of hydrogen-bond donors (Lipinski definition) is 2. The van der Waals surface area contributed by atoms with Crippen LogP contribution in [0.5, 0.6) is 0 Å². The molecule has 0 aliphatic carbocycles. The molecule has 37 heavy (non-hydrogen) atoms. The van der Waals surface area contributed by atoms with E-state index in [-0.39, 0.29) is 16.8 Å². The van der Waals surface area contributed by atoms with E-state index in [0.717, 1.165) is 24.3 Å². The van der Waals surface area contributed by atoms with Crippen LogP contribution in [-0.2, 0) is 17.8 Å². The van der Waals surface area contributed by atoms with E-state index in [1.54, 1.807) is 13.8 Å². The molecule has 0 aromatic heterocycles. The second kappa shape index (κ2) is 9.91. The number of primary amides is 1. The highest BCUT2D eigenvalue weighted by atomic mass is 19.4. The highest BCUT2D eigenvalue weighted by Crippen LogP contribution is 2.45. The Balaban J connectivity index is 2.07. The molecule has 3 rings (SSSR count). The molecule has 10 heteroatoms. The Bertz CT molecular complexity index is 1330. The average Bonchev–Trinajstić information content (AvgIpc) is 2.82. The minimum absolute atomic E-state index is 0.0381. The molecule has 0 heterocycles. The zero-order valence-corrected chi connectivity index (χ0v) is 20.1. The van der Waals surface area contributed by atoms with Crippen LogP contribution in [0.2, 0.25) is 0 Å². The zero-order chi connectivity index (χ0) is 27.8. The maximum Gasteiger partial charge on any atom is 0.417 e. The third-order valence-corrected chi connectivity index (χ3v) is 6.29. The molecule has 0 saturated heterocycles. The standard InChI is InChI=1S/C27H24F6N2O2/c1-4-25(2,3)17-9-11-19(21(13-17)26(28,29)30)20-12-10-18(14-22(20)27(31,32)33)35-24(37)16-7-5-15(6-8-16)23(34)36/h5-14H,4H2,1-3H3,(H2,34,36)(H,35,37). The van der Waals surface area contributed by atoms with Gasteiger partial charge in [-0.1, -0.05) is 39.0 Å². The van der Waals surface area contributed by atoms with Gasteiger partial charge in [0.2, 0.25) is 5.91 Å². The number of benzene rings is 3. The van der Waals surface area contributed by atoms with Crippen molar-refractivity contribution in [2.24, 2.45) is 5.73 Å². The lowest BCUT2D eigenvalue weighted by Crippen LogP contribution is -2.18. The summed E-state index contributed by atoms with van der Waals surface area (Å²) in [6.07, 6.45) is -9.39. The summed E-state index contributed by atoms with van der Waals surface area (Å²) in [7, 11) is 0. The van der Waals surface area contributed by atoms with Crippen molar-refractivity contribution >= 4 is 17.5 Å². The van der Waals surface area contributed by atoms with E-state index < -0.39 is 51.8 Å². The molecule has 3 N–H and O–H groups in total. The van der Waals surface area contributed by atoms with E-state index in [0.29, 0.717) is 18.1 Å². The molecule has 4 nitrogen and oxygen atoms in total. The van der Waals surface area contributed by atoms with Gasteiger partial charge >= 0.3 is 12.4 Å². The van der Waals surface area contributed by atoms with Gasteiger partial charge in [-0.3, -0.25) is 9.59 Å². The van der Waals surface area contributed by atoms with E-state index in [2.05, 4.69) is 5.32 Å². The van der Waals surface area contributed by atoms with E-state index in [4.69, 9.17) is 5.73 Å². The Hall–Kier alpha value is -3.82. The first-order chi connectivity index (χ1) is 17.0. The number of alkyl halides is 6. The minimum Gasteiger partial charge on any atom is -0.366 e. The highest BCUT2D eigenvalue weighted by Gasteiger charge is 2.39. The number of anilines is 1. The Morgan fingerprint density at radius 2 is 1.24 bits per heavy atom. The van der Waals surface area contributed by atoms with Gasteiger partial charge in [-0.2, -0.15) is 26.3 Å². The molecule has 0 saturated carbocycles. The van der Waals surface area contributed by atoms with Gasteiger partial charge in [0, 0.05) is 16.8 Å². The maximum absolute atomic E-state index is 14.0. The fraction of sp³-hybridized carbons (Fsp3) is 0.259. The number of rotatable bonds is 6. The van der Waals surface area contributed by atoms with E-state index in [1.165, 1.54) is 30.3 Å². The van der Waals surface area contributed by atoms with E-state index in [1.807, 2.05) is 6.92 Å². The second-order valence-corrected chi connectivity index (χ2v) is 9.15. The predicted molar refractivity (Wildman–Crippen MR) is 128 cm³/mol. The first-order valence-corrected chi connectivity index (χ1v) is 11.2. The molecule has 0 aliphatic rings. The van der Waals surface area contributed by atoms with E-state index in [9.17, 15) is 35.9 Å². The Kier molecular flexibility index (Phi) is 7.44. The van der Waals surface area contributed by atoms with Gasteiger partial charge in [0.1, 0.15) is 0 Å². The van der Waals surface area contributed by atoms with Crippen molar-refractivity contribution in [1.29, 1.82) is 0 Å². The number of halogens is 6. The number of carbonyl (C=O) groups is 2. The summed E-state index contributed by atoms with van der Waals surface area (Å²) in [5.41, 5.74) is 0.996. The third kappa shape index (κ3) is 6.12. The van der Waals surface area contributed by atoms with Crippen LogP contribution in [0, 0.1) is 0 Å². The molecule has 0 unspecified atom stereocenters. The average molecular weight is 522 g/mol. The highest BCUT2D eigenvalue weighted by molar-refractivity contribution is 6.05. The van der Waals surface area contributed by atoms with E-state index >= 15 is 0 Å². The largest absolute Gasteiger partial charge is 0.417 e. The summed E-state index contributed by atoms with van der Waals surface area (Å²) < 4.78 is 84.0. The normalized spacial score (nSPS) is 12.4. The van der Waals surface area contributed by atoms with Crippen molar-refractivity contribution in [1.82, 2.24) is 0 Å². The first-order valence-electron chi connectivity index (χ1n) is 11.2. The number of amides is 2. The fourth-order valence-corrected chi connectivity index (χ4v) is 3.72. The van der Waals surface area contributed by atoms with Crippen LogP contribution in [0.3, 0.4) is 0 Å². The van der Waals surface area contributed by atoms with Crippen LogP contribution >= 0.6 is 0 Å². The summed E-state index contributed by atoms with van der Waals surface area (Å²) >= 11 is 0. The number of carbonyl (C=O) groups excluding carboxylic acids is 2. The van der Waals surface area contributed by atoms with Crippen LogP contribution in [0.15, 0.2) is 60.7 Å². The number of nitrogens with two attached hydrogens (primary N) is 1. The van der Waals surface area contributed by atoms with Crippen molar-refractivity contribution in [3.8, 4) is 11.1 Å². The number of hydrogen-bond acceptors (Lipinski definition) is 2. The molecule has 2 amide bonds. The monoisotopic (exact) mass is 522 g/mol. The van der Waals surface area contributed by atoms with Crippen molar-refractivity contribution in [3.63, 3.8) is 0 Å². The summed E-state index contributed by atoms with van der Waals surface area (Å²) in [5, 5.41) is 2.30. The third-order valence-electron chi connectivity index (χ3n) is 6.29. The molecule has 0 radical (unpaired) electrons. The summed E-state index contributed by atoms with van der Waals surface area (Å²) in [4.78, 5) is 23.7. The fourth-order valence-electron chi connectivity index (χ4n) is 3.72. The smallest absolute Gasteiger partial charge is 0.366 e. The Labute approximate surface area is 209 Å². The Morgan fingerprint density at radius 3 is 1.73 bits per heavy atom. The molecule has 0 bridgehead atoms. The first kappa shape index (κ1) is 27.8.